The zero-order chi connectivity index (χ0) is 16.1. The van der Waals surface area contributed by atoms with Gasteiger partial charge in [0.2, 0.25) is 0 Å². The standard InChI is InChI=1S/C10H22N2O7S2/c13-6-4-11-2-3-12(5-8-21(17,18)19)10(9-11)1-7-20(14,15)16/h10,13H,1-9H2,(H,14,15,16)(H,17,18,19). The lowest BCUT2D eigenvalue weighted by Crippen LogP contribution is -2.55. The molecule has 0 aromatic heterocycles. The lowest BCUT2D eigenvalue weighted by atomic mass is 10.1. The molecule has 11 heteroatoms. The van der Waals surface area contributed by atoms with E-state index in [2.05, 4.69) is 0 Å². The Morgan fingerprint density at radius 3 is 2.10 bits per heavy atom. The van der Waals surface area contributed by atoms with Gasteiger partial charge >= 0.3 is 0 Å². The van der Waals surface area contributed by atoms with Crippen LogP contribution in [0.25, 0.3) is 0 Å². The van der Waals surface area contributed by atoms with E-state index in [9.17, 15) is 16.8 Å². The fourth-order valence-electron chi connectivity index (χ4n) is 2.39. The summed E-state index contributed by atoms with van der Waals surface area (Å²) in [5, 5.41) is 8.94. The Balaban J connectivity index is 2.65. The van der Waals surface area contributed by atoms with Gasteiger partial charge in [-0.2, -0.15) is 16.8 Å². The van der Waals surface area contributed by atoms with E-state index in [-0.39, 0.29) is 25.6 Å². The molecule has 1 rings (SSSR count). The van der Waals surface area contributed by atoms with Crippen LogP contribution in [0, 0.1) is 0 Å². The number of β-amino-alcohol motifs (C(OH)–C–C–N with tert-alkyl or cyclic N) is 1. The van der Waals surface area contributed by atoms with Gasteiger partial charge in [-0.05, 0) is 6.42 Å². The van der Waals surface area contributed by atoms with Gasteiger partial charge < -0.3 is 5.11 Å². The van der Waals surface area contributed by atoms with Crippen LogP contribution in [0.1, 0.15) is 6.42 Å². The first-order chi connectivity index (χ1) is 9.61. The third-order valence-corrected chi connectivity index (χ3v) is 4.90. The molecule has 0 aromatic rings. The number of rotatable bonds is 8. The van der Waals surface area contributed by atoms with Crippen LogP contribution in [0.3, 0.4) is 0 Å². The molecular weight excluding hydrogens is 324 g/mol. The number of piperazine rings is 1. The van der Waals surface area contributed by atoms with E-state index >= 15 is 0 Å². The van der Waals surface area contributed by atoms with Gasteiger partial charge in [-0.3, -0.25) is 18.9 Å². The molecule has 0 bridgehead atoms. The summed E-state index contributed by atoms with van der Waals surface area (Å²) < 4.78 is 61.0. The zero-order valence-electron chi connectivity index (χ0n) is 11.6. The molecule has 1 unspecified atom stereocenters. The van der Waals surface area contributed by atoms with Crippen LogP contribution >= 0.6 is 0 Å². The van der Waals surface area contributed by atoms with Gasteiger partial charge in [-0.25, -0.2) is 0 Å². The van der Waals surface area contributed by atoms with Crippen molar-refractivity contribution in [3.8, 4) is 0 Å². The minimum absolute atomic E-state index is 0.0178. The molecule has 1 aliphatic heterocycles. The van der Waals surface area contributed by atoms with Gasteiger partial charge in [-0.15, -0.1) is 0 Å². The average molecular weight is 346 g/mol. The second-order valence-corrected chi connectivity index (χ2v) is 8.22. The van der Waals surface area contributed by atoms with E-state index in [4.69, 9.17) is 14.2 Å². The Kier molecular flexibility index (Phi) is 6.97. The average Bonchev–Trinajstić information content (AvgIpc) is 2.33. The zero-order valence-corrected chi connectivity index (χ0v) is 13.3. The van der Waals surface area contributed by atoms with Crippen molar-refractivity contribution in [3.05, 3.63) is 0 Å². The van der Waals surface area contributed by atoms with E-state index in [0.29, 0.717) is 26.2 Å². The first kappa shape index (κ1) is 18.7. The van der Waals surface area contributed by atoms with Crippen LogP contribution in [0.2, 0.25) is 0 Å². The molecule has 0 aliphatic carbocycles. The first-order valence-electron chi connectivity index (χ1n) is 6.58. The molecule has 0 radical (unpaired) electrons. The summed E-state index contributed by atoms with van der Waals surface area (Å²) >= 11 is 0. The van der Waals surface area contributed by atoms with E-state index in [0.717, 1.165) is 0 Å². The first-order valence-corrected chi connectivity index (χ1v) is 9.80. The van der Waals surface area contributed by atoms with Crippen molar-refractivity contribution < 1.29 is 31.0 Å². The van der Waals surface area contributed by atoms with Crippen molar-refractivity contribution in [1.29, 1.82) is 0 Å². The van der Waals surface area contributed by atoms with Crippen molar-refractivity contribution in [3.63, 3.8) is 0 Å². The summed E-state index contributed by atoms with van der Waals surface area (Å²) in [6.07, 6.45) is 0.159. The summed E-state index contributed by atoms with van der Waals surface area (Å²) in [6.45, 7) is 2.13. The minimum Gasteiger partial charge on any atom is -0.395 e. The van der Waals surface area contributed by atoms with Crippen molar-refractivity contribution in [2.75, 3.05) is 50.8 Å². The predicted molar refractivity (Wildman–Crippen MR) is 76.3 cm³/mol. The quantitative estimate of drug-likeness (QED) is 0.432. The molecule has 3 N–H and O–H groups in total. The second kappa shape index (κ2) is 7.81. The third-order valence-electron chi connectivity index (χ3n) is 3.45. The monoisotopic (exact) mass is 346 g/mol. The lowest BCUT2D eigenvalue weighted by molar-refractivity contribution is 0.0656. The largest absolute Gasteiger partial charge is 0.395 e. The van der Waals surface area contributed by atoms with E-state index < -0.39 is 31.7 Å². The maximum atomic E-state index is 10.9. The van der Waals surface area contributed by atoms with E-state index in [1.54, 1.807) is 4.90 Å². The van der Waals surface area contributed by atoms with Crippen LogP contribution < -0.4 is 0 Å². The van der Waals surface area contributed by atoms with Crippen molar-refractivity contribution in [2.24, 2.45) is 0 Å². The summed E-state index contributed by atoms with van der Waals surface area (Å²) in [6, 6.07) is -0.256. The summed E-state index contributed by atoms with van der Waals surface area (Å²) in [7, 11) is -8.16. The van der Waals surface area contributed by atoms with Crippen molar-refractivity contribution in [1.82, 2.24) is 9.80 Å². The normalized spacial score (nSPS) is 22.5. The molecule has 21 heavy (non-hydrogen) atoms. The van der Waals surface area contributed by atoms with E-state index in [1.807, 2.05) is 4.90 Å². The minimum atomic E-state index is -4.08. The maximum absolute atomic E-state index is 10.9. The predicted octanol–water partition coefficient (Wildman–Crippen LogP) is -1.87. The number of aliphatic hydroxyl groups is 1. The number of hydrogen-bond acceptors (Lipinski definition) is 7. The fourth-order valence-corrected chi connectivity index (χ4v) is 3.42. The molecule has 1 aliphatic rings. The fraction of sp³-hybridized carbons (Fsp3) is 1.00. The van der Waals surface area contributed by atoms with Crippen LogP contribution in [0.15, 0.2) is 0 Å². The number of hydrogen-bond donors (Lipinski definition) is 3. The van der Waals surface area contributed by atoms with E-state index in [1.165, 1.54) is 0 Å². The SMILES string of the molecule is O=S(=O)(O)CCC1CN(CCO)CCN1CCS(=O)(=O)O. The molecule has 0 saturated carbocycles. The molecule has 1 fully saturated rings. The Hall–Kier alpha value is -0.300. The van der Waals surface area contributed by atoms with Gasteiger partial charge in [0.25, 0.3) is 20.2 Å². The van der Waals surface area contributed by atoms with Gasteiger partial charge in [0.15, 0.2) is 0 Å². The Bertz CT molecular complexity index is 520. The smallest absolute Gasteiger partial charge is 0.266 e. The Labute approximate surface area is 125 Å². The summed E-state index contributed by atoms with van der Waals surface area (Å²) in [5.41, 5.74) is 0. The Morgan fingerprint density at radius 2 is 1.57 bits per heavy atom. The van der Waals surface area contributed by atoms with Gasteiger partial charge in [0, 0.05) is 38.8 Å². The molecule has 0 aromatic carbocycles. The van der Waals surface area contributed by atoms with Crippen LogP contribution in [-0.2, 0) is 20.2 Å². The third kappa shape index (κ3) is 8.04. The molecule has 0 amide bonds. The molecule has 0 spiro atoms. The van der Waals surface area contributed by atoms with Crippen molar-refractivity contribution in [2.45, 2.75) is 12.5 Å². The molecule has 1 heterocycles. The molecule has 1 atom stereocenters. The lowest BCUT2D eigenvalue weighted by Gasteiger charge is -2.41. The van der Waals surface area contributed by atoms with Gasteiger partial charge in [-0.1, -0.05) is 0 Å². The van der Waals surface area contributed by atoms with Crippen molar-refractivity contribution >= 4 is 20.2 Å². The highest BCUT2D eigenvalue weighted by Crippen LogP contribution is 2.14. The van der Waals surface area contributed by atoms with Crippen LogP contribution in [0.5, 0.6) is 0 Å². The Morgan fingerprint density at radius 1 is 0.952 bits per heavy atom. The molecule has 126 valence electrons. The summed E-state index contributed by atoms with van der Waals surface area (Å²) in [5.74, 6) is -0.831. The number of aliphatic hydroxyl groups excluding tert-OH is 1. The highest BCUT2D eigenvalue weighted by molar-refractivity contribution is 7.86. The second-order valence-electron chi connectivity index (χ2n) is 5.07. The molecular formula is C10H22N2O7S2. The van der Waals surface area contributed by atoms with Crippen LogP contribution in [-0.4, -0.2) is 97.7 Å². The van der Waals surface area contributed by atoms with Crippen LogP contribution in [0.4, 0.5) is 0 Å². The highest BCUT2D eigenvalue weighted by atomic mass is 32.2. The number of nitrogens with zero attached hydrogens (tertiary/aromatic N) is 2. The van der Waals surface area contributed by atoms with Gasteiger partial charge in [0.1, 0.15) is 0 Å². The molecule has 9 nitrogen and oxygen atoms in total. The topological polar surface area (TPSA) is 135 Å². The maximum Gasteiger partial charge on any atom is 0.266 e. The molecule has 1 saturated heterocycles. The highest BCUT2D eigenvalue weighted by Gasteiger charge is 2.28. The van der Waals surface area contributed by atoms with Gasteiger partial charge in [0.05, 0.1) is 18.1 Å². The summed E-state index contributed by atoms with van der Waals surface area (Å²) in [4.78, 5) is 3.73.